The summed E-state index contributed by atoms with van der Waals surface area (Å²) in [5.41, 5.74) is 3.68. The predicted molar refractivity (Wildman–Crippen MR) is 90.9 cm³/mol. The molecule has 2 aliphatic rings. The van der Waals surface area contributed by atoms with Crippen molar-refractivity contribution >= 4 is 16.9 Å². The van der Waals surface area contributed by atoms with Crippen LogP contribution in [0.2, 0.25) is 0 Å². The summed E-state index contributed by atoms with van der Waals surface area (Å²) in [6.07, 6.45) is 4.81. The SMILES string of the molecule is N#Cc1c2n(c3c(N4CCN(CCO)CC4)ncnc13)CCCC2. The van der Waals surface area contributed by atoms with Crippen molar-refractivity contribution in [2.45, 2.75) is 25.8 Å². The number of aryl methyl sites for hydroxylation is 1. The third-order valence-corrected chi connectivity index (χ3v) is 5.17. The molecule has 126 valence electrons. The first-order chi connectivity index (χ1) is 11.8. The van der Waals surface area contributed by atoms with E-state index < -0.39 is 0 Å². The van der Waals surface area contributed by atoms with E-state index >= 15 is 0 Å². The van der Waals surface area contributed by atoms with E-state index in [1.807, 2.05) is 0 Å². The van der Waals surface area contributed by atoms with E-state index in [1.54, 1.807) is 6.33 Å². The minimum atomic E-state index is 0.204. The number of hydrogen-bond donors (Lipinski definition) is 1. The third-order valence-electron chi connectivity index (χ3n) is 5.17. The van der Waals surface area contributed by atoms with E-state index in [2.05, 4.69) is 30.4 Å². The van der Waals surface area contributed by atoms with Gasteiger partial charge in [-0.05, 0) is 19.3 Å². The fraction of sp³-hybridized carbons (Fsp3) is 0.588. The average Bonchev–Trinajstić information content (AvgIpc) is 2.96. The van der Waals surface area contributed by atoms with E-state index in [4.69, 9.17) is 5.11 Å². The van der Waals surface area contributed by atoms with E-state index in [-0.39, 0.29) is 6.61 Å². The summed E-state index contributed by atoms with van der Waals surface area (Å²) >= 11 is 0. The lowest BCUT2D eigenvalue weighted by Crippen LogP contribution is -2.47. The molecule has 0 aromatic carbocycles. The maximum Gasteiger partial charge on any atom is 0.156 e. The molecule has 0 bridgehead atoms. The Bertz CT molecular complexity index is 784. The molecule has 0 saturated carbocycles. The molecule has 7 nitrogen and oxygen atoms in total. The zero-order valence-corrected chi connectivity index (χ0v) is 13.8. The second-order valence-electron chi connectivity index (χ2n) is 6.49. The minimum absolute atomic E-state index is 0.204. The van der Waals surface area contributed by atoms with Gasteiger partial charge in [-0.2, -0.15) is 5.26 Å². The van der Waals surface area contributed by atoms with Crippen LogP contribution in [0.15, 0.2) is 6.33 Å². The molecular formula is C17H22N6O. The minimum Gasteiger partial charge on any atom is -0.395 e. The van der Waals surface area contributed by atoms with Crippen LogP contribution in [-0.4, -0.2) is 63.9 Å². The van der Waals surface area contributed by atoms with Gasteiger partial charge in [-0.15, -0.1) is 0 Å². The lowest BCUT2D eigenvalue weighted by molar-refractivity contribution is 0.188. The Morgan fingerprint density at radius 2 is 1.96 bits per heavy atom. The molecule has 4 heterocycles. The quantitative estimate of drug-likeness (QED) is 0.896. The second-order valence-corrected chi connectivity index (χ2v) is 6.49. The van der Waals surface area contributed by atoms with Crippen molar-refractivity contribution in [3.05, 3.63) is 17.6 Å². The number of piperazine rings is 1. The zero-order valence-electron chi connectivity index (χ0n) is 13.8. The highest BCUT2D eigenvalue weighted by Gasteiger charge is 2.26. The Hall–Kier alpha value is -2.17. The highest BCUT2D eigenvalue weighted by Crippen LogP contribution is 2.33. The van der Waals surface area contributed by atoms with Crippen molar-refractivity contribution in [3.8, 4) is 6.07 Å². The highest BCUT2D eigenvalue weighted by atomic mass is 16.3. The Balaban J connectivity index is 1.75. The van der Waals surface area contributed by atoms with E-state index in [1.165, 1.54) is 0 Å². The molecule has 0 aliphatic carbocycles. The number of rotatable bonds is 3. The monoisotopic (exact) mass is 326 g/mol. The largest absolute Gasteiger partial charge is 0.395 e. The molecule has 4 rings (SSSR count). The van der Waals surface area contributed by atoms with Crippen molar-refractivity contribution in [3.63, 3.8) is 0 Å². The molecule has 0 atom stereocenters. The van der Waals surface area contributed by atoms with Crippen LogP contribution in [0.1, 0.15) is 24.1 Å². The van der Waals surface area contributed by atoms with Crippen molar-refractivity contribution in [1.29, 1.82) is 5.26 Å². The van der Waals surface area contributed by atoms with Crippen molar-refractivity contribution in [1.82, 2.24) is 19.4 Å². The second kappa shape index (κ2) is 6.38. The summed E-state index contributed by atoms with van der Waals surface area (Å²) in [5, 5.41) is 18.7. The van der Waals surface area contributed by atoms with Crippen molar-refractivity contribution in [2.24, 2.45) is 0 Å². The molecule has 0 spiro atoms. The first-order valence-electron chi connectivity index (χ1n) is 8.68. The summed E-state index contributed by atoms with van der Waals surface area (Å²) in [5.74, 6) is 0.952. The summed E-state index contributed by atoms with van der Waals surface area (Å²) < 4.78 is 2.27. The molecule has 0 amide bonds. The lowest BCUT2D eigenvalue weighted by Gasteiger charge is -2.35. The van der Waals surface area contributed by atoms with Crippen LogP contribution in [0.4, 0.5) is 5.82 Å². The number of nitrogens with zero attached hydrogens (tertiary/aromatic N) is 6. The number of nitriles is 1. The molecule has 1 fully saturated rings. The van der Waals surface area contributed by atoms with Gasteiger partial charge in [-0.3, -0.25) is 4.90 Å². The van der Waals surface area contributed by atoms with Crippen LogP contribution in [0.5, 0.6) is 0 Å². The Labute approximate surface area is 141 Å². The molecule has 24 heavy (non-hydrogen) atoms. The maximum absolute atomic E-state index is 9.61. The summed E-state index contributed by atoms with van der Waals surface area (Å²) in [6.45, 7) is 5.48. The summed E-state index contributed by atoms with van der Waals surface area (Å²) in [6, 6.07) is 2.37. The van der Waals surface area contributed by atoms with E-state index in [0.29, 0.717) is 0 Å². The fourth-order valence-electron chi connectivity index (χ4n) is 3.95. The molecule has 0 radical (unpaired) electrons. The Morgan fingerprint density at radius 1 is 1.12 bits per heavy atom. The third kappa shape index (κ3) is 2.43. The number of aliphatic hydroxyl groups is 1. The maximum atomic E-state index is 9.61. The fourth-order valence-corrected chi connectivity index (χ4v) is 3.95. The summed E-state index contributed by atoms with van der Waals surface area (Å²) in [7, 11) is 0. The van der Waals surface area contributed by atoms with Crippen LogP contribution in [0.25, 0.3) is 11.0 Å². The average molecular weight is 326 g/mol. The smallest absolute Gasteiger partial charge is 0.156 e. The van der Waals surface area contributed by atoms with Crippen molar-refractivity contribution in [2.75, 3.05) is 44.2 Å². The van der Waals surface area contributed by atoms with Crippen LogP contribution >= 0.6 is 0 Å². The topological polar surface area (TPSA) is 81.2 Å². The molecule has 2 aromatic rings. The number of aliphatic hydroxyl groups excluding tert-OH is 1. The number of aromatic nitrogens is 3. The van der Waals surface area contributed by atoms with Gasteiger partial charge in [0.05, 0.1) is 12.2 Å². The van der Waals surface area contributed by atoms with E-state index in [9.17, 15) is 5.26 Å². The standard InChI is InChI=1S/C17H22N6O/c18-11-13-14-3-1-2-4-23(14)16-15(13)19-12-20-17(16)22-7-5-21(6-8-22)9-10-24/h12,24H,1-10H2. The van der Waals surface area contributed by atoms with Gasteiger partial charge >= 0.3 is 0 Å². The van der Waals surface area contributed by atoms with Crippen LogP contribution in [-0.2, 0) is 13.0 Å². The summed E-state index contributed by atoms with van der Waals surface area (Å²) in [4.78, 5) is 13.6. The van der Waals surface area contributed by atoms with Crippen LogP contribution < -0.4 is 4.90 Å². The van der Waals surface area contributed by atoms with Crippen molar-refractivity contribution < 1.29 is 5.11 Å². The molecule has 0 unspecified atom stereocenters. The molecule has 2 aromatic heterocycles. The van der Waals surface area contributed by atoms with Gasteiger partial charge in [0.15, 0.2) is 5.82 Å². The number of β-amino-alcohol motifs (C(OH)–C–C–N with tert-alkyl or cyclic N) is 1. The molecular weight excluding hydrogens is 304 g/mol. The Morgan fingerprint density at radius 3 is 2.71 bits per heavy atom. The first kappa shape index (κ1) is 15.4. The van der Waals surface area contributed by atoms with Gasteiger partial charge in [-0.1, -0.05) is 0 Å². The molecule has 2 aliphatic heterocycles. The van der Waals surface area contributed by atoms with Gasteiger partial charge in [-0.25, -0.2) is 9.97 Å². The predicted octanol–water partition coefficient (Wildman–Crippen LogP) is 0.754. The number of hydrogen-bond acceptors (Lipinski definition) is 6. The van der Waals surface area contributed by atoms with Gasteiger partial charge in [0.1, 0.15) is 23.4 Å². The zero-order chi connectivity index (χ0) is 16.5. The Kier molecular flexibility index (Phi) is 4.08. The van der Waals surface area contributed by atoms with Gasteiger partial charge in [0.25, 0.3) is 0 Å². The normalized spacial score (nSPS) is 18.6. The first-order valence-corrected chi connectivity index (χ1v) is 8.68. The molecule has 7 heteroatoms. The van der Waals surface area contributed by atoms with Gasteiger partial charge in [0, 0.05) is 45.0 Å². The number of fused-ring (bicyclic) bond motifs is 3. The molecule has 1 N–H and O–H groups in total. The molecule has 1 saturated heterocycles. The lowest BCUT2D eigenvalue weighted by atomic mass is 10.1. The van der Waals surface area contributed by atoms with Gasteiger partial charge < -0.3 is 14.6 Å². The van der Waals surface area contributed by atoms with E-state index in [0.717, 1.165) is 86.6 Å². The highest BCUT2D eigenvalue weighted by molar-refractivity contribution is 5.92. The van der Waals surface area contributed by atoms with Gasteiger partial charge in [0.2, 0.25) is 0 Å². The van der Waals surface area contributed by atoms with Crippen LogP contribution in [0, 0.1) is 11.3 Å². The van der Waals surface area contributed by atoms with Crippen LogP contribution in [0.3, 0.4) is 0 Å². The number of anilines is 1.